The summed E-state index contributed by atoms with van der Waals surface area (Å²) in [7, 11) is 1.67. The Balaban J connectivity index is 2.57. The molecule has 0 atom stereocenters. The molecule has 5 heteroatoms. The topological polar surface area (TPSA) is 68.0 Å². The molecule has 0 aliphatic rings. The van der Waals surface area contributed by atoms with Crippen LogP contribution in [0.15, 0.2) is 24.4 Å². The summed E-state index contributed by atoms with van der Waals surface area (Å²) in [6.07, 6.45) is 1.59. The van der Waals surface area contributed by atoms with E-state index in [9.17, 15) is 4.79 Å². The molecular formula is C12H13N3O2. The zero-order valence-corrected chi connectivity index (χ0v) is 9.71. The predicted molar refractivity (Wildman–Crippen MR) is 62.6 cm³/mol. The summed E-state index contributed by atoms with van der Waals surface area (Å²) < 4.78 is 1.46. The fourth-order valence-electron chi connectivity index (χ4n) is 1.72. The number of hydrogen-bond acceptors (Lipinski definition) is 4. The van der Waals surface area contributed by atoms with Gasteiger partial charge in [0.15, 0.2) is 0 Å². The Morgan fingerprint density at radius 3 is 2.88 bits per heavy atom. The summed E-state index contributed by atoms with van der Waals surface area (Å²) in [4.78, 5) is 16.0. The van der Waals surface area contributed by atoms with Crippen molar-refractivity contribution in [2.24, 2.45) is 7.05 Å². The molecule has 0 fully saturated rings. The Bertz CT molecular complexity index is 561. The number of ketones is 1. The van der Waals surface area contributed by atoms with Crippen molar-refractivity contribution in [1.29, 1.82) is 0 Å². The van der Waals surface area contributed by atoms with Gasteiger partial charge in [-0.2, -0.15) is 5.10 Å². The Morgan fingerprint density at radius 1 is 1.47 bits per heavy atom. The molecule has 1 N–H and O–H groups in total. The summed E-state index contributed by atoms with van der Waals surface area (Å²) >= 11 is 0. The molecule has 0 saturated carbocycles. The number of rotatable bonds is 3. The molecule has 0 radical (unpaired) electrons. The van der Waals surface area contributed by atoms with E-state index in [1.165, 1.54) is 4.68 Å². The predicted octanol–water partition coefficient (Wildman–Crippen LogP) is 0.966. The van der Waals surface area contributed by atoms with Gasteiger partial charge in [0, 0.05) is 18.3 Å². The van der Waals surface area contributed by atoms with Crippen molar-refractivity contribution >= 4 is 5.78 Å². The van der Waals surface area contributed by atoms with E-state index in [1.54, 1.807) is 13.2 Å². The van der Waals surface area contributed by atoms with Crippen LogP contribution in [-0.2, 0) is 7.05 Å². The van der Waals surface area contributed by atoms with Crippen molar-refractivity contribution in [3.63, 3.8) is 0 Å². The molecule has 0 unspecified atom stereocenters. The van der Waals surface area contributed by atoms with E-state index in [1.807, 2.05) is 25.1 Å². The van der Waals surface area contributed by atoms with Crippen LogP contribution in [0.5, 0.6) is 0 Å². The van der Waals surface area contributed by atoms with E-state index >= 15 is 0 Å². The van der Waals surface area contributed by atoms with Crippen molar-refractivity contribution in [2.75, 3.05) is 6.61 Å². The number of aromatic nitrogens is 3. The van der Waals surface area contributed by atoms with Crippen LogP contribution in [0.3, 0.4) is 0 Å². The van der Waals surface area contributed by atoms with Crippen LogP contribution in [-0.4, -0.2) is 32.3 Å². The second kappa shape index (κ2) is 4.47. The Morgan fingerprint density at radius 2 is 2.24 bits per heavy atom. The van der Waals surface area contributed by atoms with Crippen LogP contribution in [0.2, 0.25) is 0 Å². The van der Waals surface area contributed by atoms with Gasteiger partial charge >= 0.3 is 0 Å². The Hall–Kier alpha value is -2.01. The molecule has 2 heterocycles. The molecular weight excluding hydrogens is 218 g/mol. The van der Waals surface area contributed by atoms with Crippen LogP contribution >= 0.6 is 0 Å². The van der Waals surface area contributed by atoms with Crippen LogP contribution in [0.25, 0.3) is 11.3 Å². The Kier molecular flexibility index (Phi) is 3.01. The average molecular weight is 231 g/mol. The molecule has 2 aromatic heterocycles. The average Bonchev–Trinajstić information content (AvgIpc) is 2.70. The maximum absolute atomic E-state index is 11.6. The van der Waals surface area contributed by atoms with Crippen LogP contribution in [0.1, 0.15) is 16.2 Å². The van der Waals surface area contributed by atoms with Crippen LogP contribution in [0.4, 0.5) is 0 Å². The highest BCUT2D eigenvalue weighted by atomic mass is 16.3. The highest BCUT2D eigenvalue weighted by Gasteiger charge is 2.17. The molecule has 5 nitrogen and oxygen atoms in total. The smallest absolute Gasteiger partial charge is 0.206 e. The fourth-order valence-corrected chi connectivity index (χ4v) is 1.72. The number of pyridine rings is 1. The van der Waals surface area contributed by atoms with Crippen LogP contribution < -0.4 is 0 Å². The molecule has 0 aromatic carbocycles. The van der Waals surface area contributed by atoms with E-state index in [4.69, 9.17) is 5.11 Å². The molecule has 0 spiro atoms. The maximum Gasteiger partial charge on any atom is 0.206 e. The third-order valence-corrected chi connectivity index (χ3v) is 2.51. The fraction of sp³-hybridized carbons (Fsp3) is 0.250. The van der Waals surface area contributed by atoms with Crippen molar-refractivity contribution in [1.82, 2.24) is 14.8 Å². The lowest BCUT2D eigenvalue weighted by molar-refractivity contribution is 0.0895. The van der Waals surface area contributed by atoms with Gasteiger partial charge in [0.05, 0.1) is 11.9 Å². The molecule has 2 rings (SSSR count). The quantitative estimate of drug-likeness (QED) is 0.799. The second-order valence-electron chi connectivity index (χ2n) is 3.78. The number of nitrogens with zero attached hydrogens (tertiary/aromatic N) is 3. The van der Waals surface area contributed by atoms with Crippen molar-refractivity contribution in [3.8, 4) is 11.3 Å². The summed E-state index contributed by atoms with van der Waals surface area (Å²) in [5.74, 6) is -0.358. The van der Waals surface area contributed by atoms with Crippen molar-refractivity contribution in [3.05, 3.63) is 35.8 Å². The molecule has 88 valence electrons. The summed E-state index contributed by atoms with van der Waals surface area (Å²) in [5, 5.41) is 13.0. The minimum absolute atomic E-state index is 0.358. The van der Waals surface area contributed by atoms with Gasteiger partial charge in [-0.1, -0.05) is 6.07 Å². The highest BCUT2D eigenvalue weighted by Crippen LogP contribution is 2.21. The van der Waals surface area contributed by atoms with Gasteiger partial charge < -0.3 is 5.11 Å². The normalized spacial score (nSPS) is 10.5. The van der Waals surface area contributed by atoms with Gasteiger partial charge in [0.1, 0.15) is 12.3 Å². The summed E-state index contributed by atoms with van der Waals surface area (Å²) in [6, 6.07) is 5.57. The number of aliphatic hydroxyl groups excluding tert-OH is 1. The zero-order valence-electron chi connectivity index (χ0n) is 9.71. The largest absolute Gasteiger partial charge is 0.388 e. The van der Waals surface area contributed by atoms with Gasteiger partial charge in [-0.05, 0) is 19.1 Å². The minimum Gasteiger partial charge on any atom is -0.388 e. The zero-order chi connectivity index (χ0) is 12.4. The first-order valence-corrected chi connectivity index (χ1v) is 5.23. The van der Waals surface area contributed by atoms with E-state index < -0.39 is 6.61 Å². The van der Waals surface area contributed by atoms with Gasteiger partial charge in [0.2, 0.25) is 5.78 Å². The Labute approximate surface area is 98.7 Å². The number of hydrogen-bond donors (Lipinski definition) is 1. The first kappa shape index (κ1) is 11.5. The molecule has 0 aliphatic heterocycles. The molecule has 0 amide bonds. The van der Waals surface area contributed by atoms with Gasteiger partial charge in [-0.3, -0.25) is 14.5 Å². The van der Waals surface area contributed by atoms with Crippen LogP contribution in [0, 0.1) is 6.92 Å². The van der Waals surface area contributed by atoms with Gasteiger partial charge in [-0.15, -0.1) is 0 Å². The van der Waals surface area contributed by atoms with E-state index in [-0.39, 0.29) is 5.78 Å². The first-order valence-electron chi connectivity index (χ1n) is 5.23. The minimum atomic E-state index is -0.529. The third kappa shape index (κ3) is 2.09. The monoisotopic (exact) mass is 231 g/mol. The number of aliphatic hydroxyl groups is 1. The SMILES string of the molecule is Cc1cccc(-c2cnn(C)c2C(=O)CO)n1. The molecule has 0 aliphatic carbocycles. The molecule has 0 saturated heterocycles. The van der Waals surface area contributed by atoms with E-state index in [0.29, 0.717) is 17.0 Å². The summed E-state index contributed by atoms with van der Waals surface area (Å²) in [6.45, 7) is 1.35. The lowest BCUT2D eigenvalue weighted by atomic mass is 10.1. The summed E-state index contributed by atoms with van der Waals surface area (Å²) in [5.41, 5.74) is 2.59. The van der Waals surface area contributed by atoms with Gasteiger partial charge in [0.25, 0.3) is 0 Å². The standard InChI is InChI=1S/C12H13N3O2/c1-8-4-3-5-10(14-8)9-6-13-15(2)12(9)11(17)7-16/h3-6,16H,7H2,1-2H3. The van der Waals surface area contributed by atoms with Gasteiger partial charge in [-0.25, -0.2) is 0 Å². The lowest BCUT2D eigenvalue weighted by Crippen LogP contribution is -2.12. The second-order valence-corrected chi connectivity index (χ2v) is 3.78. The molecule has 2 aromatic rings. The number of carbonyl (C=O) groups excluding carboxylic acids is 1. The van der Waals surface area contributed by atoms with E-state index in [2.05, 4.69) is 10.1 Å². The number of Topliss-reactive ketones (excluding diaryl/α,β-unsaturated/α-hetero) is 1. The number of aryl methyl sites for hydroxylation is 2. The van der Waals surface area contributed by atoms with E-state index in [0.717, 1.165) is 5.69 Å². The number of carbonyl (C=O) groups is 1. The maximum atomic E-state index is 11.6. The third-order valence-electron chi connectivity index (χ3n) is 2.51. The van der Waals surface area contributed by atoms with Crippen molar-refractivity contribution in [2.45, 2.75) is 6.92 Å². The highest BCUT2D eigenvalue weighted by molar-refractivity contribution is 6.01. The first-order chi connectivity index (χ1) is 8.13. The lowest BCUT2D eigenvalue weighted by Gasteiger charge is -2.03. The molecule has 0 bridgehead atoms. The van der Waals surface area contributed by atoms with Crippen molar-refractivity contribution < 1.29 is 9.90 Å². The molecule has 17 heavy (non-hydrogen) atoms.